The van der Waals surface area contributed by atoms with Gasteiger partial charge < -0.3 is 20.2 Å². The highest BCUT2D eigenvalue weighted by Gasteiger charge is 2.08. The lowest BCUT2D eigenvalue weighted by atomic mass is 10.1. The monoisotopic (exact) mass is 417 g/mol. The van der Waals surface area contributed by atoms with Crippen LogP contribution in [0.5, 0.6) is 0 Å². The molecular formula is C20H20ClN3O5. The molecular weight excluding hydrogens is 398 g/mol. The number of hydrogen-bond donors (Lipinski definition) is 3. The van der Waals surface area contributed by atoms with Gasteiger partial charge in [-0.3, -0.25) is 10.1 Å². The second kappa shape index (κ2) is 10.3. The fourth-order valence-electron chi connectivity index (χ4n) is 2.64. The van der Waals surface area contributed by atoms with Gasteiger partial charge in [0, 0.05) is 36.5 Å². The fraction of sp³-hybridized carbons (Fsp3) is 0.150. The number of hydrogen-bond acceptors (Lipinski definition) is 6. The molecule has 0 bridgehead atoms. The summed E-state index contributed by atoms with van der Waals surface area (Å²) in [6.07, 6.45) is 0. The molecule has 29 heavy (non-hydrogen) atoms. The number of rotatable bonds is 9. The second-order valence-electron chi connectivity index (χ2n) is 6.06. The quantitative estimate of drug-likeness (QED) is 0.271. The number of halogens is 1. The molecule has 8 nitrogen and oxygen atoms in total. The Labute approximate surface area is 173 Å². The first kappa shape index (κ1) is 21.9. The minimum Gasteiger partial charge on any atom is -0.478 e. The predicted molar refractivity (Wildman–Crippen MR) is 112 cm³/mol. The van der Waals surface area contributed by atoms with Gasteiger partial charge in [0.15, 0.2) is 0 Å². The summed E-state index contributed by atoms with van der Waals surface area (Å²) in [5, 5.41) is 26.1. The van der Waals surface area contributed by atoms with Crippen molar-refractivity contribution in [3.63, 3.8) is 0 Å². The van der Waals surface area contributed by atoms with Crippen LogP contribution < -0.4 is 10.6 Å². The lowest BCUT2D eigenvalue weighted by Gasteiger charge is -2.07. The van der Waals surface area contributed by atoms with E-state index in [0.29, 0.717) is 31.0 Å². The molecule has 2 aromatic carbocycles. The van der Waals surface area contributed by atoms with Gasteiger partial charge in [-0.05, 0) is 36.4 Å². The molecule has 0 amide bonds. The van der Waals surface area contributed by atoms with Crippen LogP contribution in [-0.2, 0) is 6.54 Å². The molecule has 9 heteroatoms. The Hall–Kier alpha value is -3.36. The van der Waals surface area contributed by atoms with Gasteiger partial charge in [-0.1, -0.05) is 12.1 Å². The van der Waals surface area contributed by atoms with Crippen molar-refractivity contribution in [2.24, 2.45) is 0 Å². The van der Waals surface area contributed by atoms with Crippen LogP contribution in [0.1, 0.15) is 16.1 Å². The molecule has 0 spiro atoms. The molecule has 0 saturated heterocycles. The number of nitro groups is 1. The number of furan rings is 1. The van der Waals surface area contributed by atoms with Crippen molar-refractivity contribution in [1.82, 2.24) is 5.32 Å². The van der Waals surface area contributed by atoms with E-state index in [-0.39, 0.29) is 23.7 Å². The van der Waals surface area contributed by atoms with Crippen molar-refractivity contribution in [3.05, 3.63) is 82.1 Å². The minimum atomic E-state index is -0.976. The summed E-state index contributed by atoms with van der Waals surface area (Å²) in [7, 11) is 0. The van der Waals surface area contributed by atoms with Gasteiger partial charge in [-0.2, -0.15) is 0 Å². The first-order valence-electron chi connectivity index (χ1n) is 8.64. The average molecular weight is 418 g/mol. The maximum atomic E-state index is 11.1. The van der Waals surface area contributed by atoms with Crippen LogP contribution in [-0.4, -0.2) is 29.1 Å². The summed E-state index contributed by atoms with van der Waals surface area (Å²) in [4.78, 5) is 21.3. The third-order valence-electron chi connectivity index (χ3n) is 4.06. The van der Waals surface area contributed by atoms with E-state index in [0.717, 1.165) is 11.4 Å². The molecule has 0 atom stereocenters. The molecule has 3 N–H and O–H groups in total. The SMILES string of the molecule is Cl.O=C(O)c1cccc(-c2ccc(CNCCNc3ccc([N+](=O)[O-])cc3)o2)c1. The summed E-state index contributed by atoms with van der Waals surface area (Å²) in [6.45, 7) is 1.84. The molecule has 0 aliphatic rings. The average Bonchev–Trinajstić information content (AvgIpc) is 3.17. The van der Waals surface area contributed by atoms with Crippen LogP contribution in [0.25, 0.3) is 11.3 Å². The lowest BCUT2D eigenvalue weighted by molar-refractivity contribution is -0.384. The molecule has 0 unspecified atom stereocenters. The van der Waals surface area contributed by atoms with Gasteiger partial charge in [0.05, 0.1) is 17.0 Å². The molecule has 152 valence electrons. The third kappa shape index (κ3) is 6.06. The molecule has 0 radical (unpaired) electrons. The molecule has 0 fully saturated rings. The Bertz CT molecular complexity index is 972. The number of carbonyl (C=O) groups is 1. The zero-order chi connectivity index (χ0) is 19.9. The highest BCUT2D eigenvalue weighted by molar-refractivity contribution is 5.89. The van der Waals surface area contributed by atoms with E-state index in [1.807, 2.05) is 12.1 Å². The maximum Gasteiger partial charge on any atom is 0.335 e. The number of benzene rings is 2. The Morgan fingerprint density at radius 2 is 1.83 bits per heavy atom. The Kier molecular flexibility index (Phi) is 7.76. The Morgan fingerprint density at radius 1 is 1.07 bits per heavy atom. The molecule has 0 aliphatic carbocycles. The third-order valence-corrected chi connectivity index (χ3v) is 4.06. The van der Waals surface area contributed by atoms with Crippen molar-refractivity contribution in [2.75, 3.05) is 18.4 Å². The highest BCUT2D eigenvalue weighted by atomic mass is 35.5. The van der Waals surface area contributed by atoms with E-state index in [2.05, 4.69) is 10.6 Å². The summed E-state index contributed by atoms with van der Waals surface area (Å²) in [5.41, 5.74) is 1.80. The number of nitrogens with zero attached hydrogens (tertiary/aromatic N) is 1. The van der Waals surface area contributed by atoms with Crippen molar-refractivity contribution >= 4 is 29.8 Å². The number of anilines is 1. The van der Waals surface area contributed by atoms with Crippen LogP contribution in [0.2, 0.25) is 0 Å². The van der Waals surface area contributed by atoms with Crippen molar-refractivity contribution in [2.45, 2.75) is 6.54 Å². The van der Waals surface area contributed by atoms with E-state index in [9.17, 15) is 14.9 Å². The van der Waals surface area contributed by atoms with Crippen molar-refractivity contribution in [3.8, 4) is 11.3 Å². The van der Waals surface area contributed by atoms with Crippen molar-refractivity contribution < 1.29 is 19.2 Å². The van der Waals surface area contributed by atoms with E-state index >= 15 is 0 Å². The lowest BCUT2D eigenvalue weighted by Crippen LogP contribution is -2.21. The van der Waals surface area contributed by atoms with Crippen LogP contribution in [0.4, 0.5) is 11.4 Å². The fourth-order valence-corrected chi connectivity index (χ4v) is 2.64. The van der Waals surface area contributed by atoms with Crippen LogP contribution in [0, 0.1) is 10.1 Å². The van der Waals surface area contributed by atoms with Crippen LogP contribution in [0.15, 0.2) is 65.1 Å². The van der Waals surface area contributed by atoms with Gasteiger partial charge in [0.2, 0.25) is 0 Å². The largest absolute Gasteiger partial charge is 0.478 e. The first-order valence-corrected chi connectivity index (χ1v) is 8.64. The number of nitrogens with one attached hydrogen (secondary N) is 2. The van der Waals surface area contributed by atoms with E-state index < -0.39 is 10.9 Å². The van der Waals surface area contributed by atoms with Crippen molar-refractivity contribution in [1.29, 1.82) is 0 Å². The summed E-state index contributed by atoms with van der Waals surface area (Å²) < 4.78 is 5.77. The zero-order valence-corrected chi connectivity index (χ0v) is 16.1. The van der Waals surface area contributed by atoms with E-state index in [1.165, 1.54) is 18.2 Å². The molecule has 3 rings (SSSR count). The zero-order valence-electron chi connectivity index (χ0n) is 15.3. The second-order valence-corrected chi connectivity index (χ2v) is 6.06. The number of nitro benzene ring substituents is 1. The van der Waals surface area contributed by atoms with Gasteiger partial charge >= 0.3 is 5.97 Å². The standard InChI is InChI=1S/C20H19N3O5.ClH/c24-20(25)15-3-1-2-14(12-15)19-9-8-18(28-19)13-21-10-11-22-16-4-6-17(7-5-16)23(26)27;/h1-9,12,21-22H,10-11,13H2,(H,24,25);1H. The smallest absolute Gasteiger partial charge is 0.335 e. The Morgan fingerprint density at radius 3 is 2.52 bits per heavy atom. The molecule has 0 saturated carbocycles. The maximum absolute atomic E-state index is 11.1. The molecule has 3 aromatic rings. The minimum absolute atomic E-state index is 0. The summed E-state index contributed by atoms with van der Waals surface area (Å²) in [6, 6.07) is 16.5. The number of aromatic carboxylic acids is 1. The number of carboxylic acid groups (broad SMARTS) is 1. The van der Waals surface area contributed by atoms with Gasteiger partial charge in [0.1, 0.15) is 11.5 Å². The number of carboxylic acids is 1. The highest BCUT2D eigenvalue weighted by Crippen LogP contribution is 2.23. The van der Waals surface area contributed by atoms with Gasteiger partial charge in [-0.15, -0.1) is 12.4 Å². The molecule has 0 aliphatic heterocycles. The van der Waals surface area contributed by atoms with Crippen LogP contribution in [0.3, 0.4) is 0 Å². The Balaban J connectivity index is 0.00000300. The number of non-ortho nitro benzene ring substituents is 1. The molecule has 1 heterocycles. The predicted octanol–water partition coefficient (Wildman–Crippen LogP) is 4.18. The van der Waals surface area contributed by atoms with E-state index in [4.69, 9.17) is 9.52 Å². The summed E-state index contributed by atoms with van der Waals surface area (Å²) >= 11 is 0. The first-order chi connectivity index (χ1) is 13.5. The van der Waals surface area contributed by atoms with Gasteiger partial charge in [-0.25, -0.2) is 4.79 Å². The normalized spacial score (nSPS) is 10.2. The summed E-state index contributed by atoms with van der Waals surface area (Å²) in [5.74, 6) is 0.380. The molecule has 1 aromatic heterocycles. The van der Waals surface area contributed by atoms with E-state index in [1.54, 1.807) is 30.3 Å². The van der Waals surface area contributed by atoms with Crippen LogP contribution >= 0.6 is 12.4 Å². The topological polar surface area (TPSA) is 118 Å². The van der Waals surface area contributed by atoms with Gasteiger partial charge in [0.25, 0.3) is 5.69 Å².